The number of carbonyl (C=O) groups is 1. The van der Waals surface area contributed by atoms with E-state index in [0.29, 0.717) is 25.5 Å². The summed E-state index contributed by atoms with van der Waals surface area (Å²) in [6.45, 7) is 3.24. The Hall–Kier alpha value is -1.55. The van der Waals surface area contributed by atoms with E-state index in [4.69, 9.17) is 10.5 Å². The van der Waals surface area contributed by atoms with Gasteiger partial charge in [-0.05, 0) is 43.4 Å². The molecule has 0 heterocycles. The first-order chi connectivity index (χ1) is 9.60. The van der Waals surface area contributed by atoms with Gasteiger partial charge in [0.2, 0.25) is 5.91 Å². The minimum Gasteiger partial charge on any atom is -0.494 e. The van der Waals surface area contributed by atoms with Crippen LogP contribution in [0.1, 0.15) is 31.7 Å². The maximum Gasteiger partial charge on any atom is 0.224 e. The Bertz CT molecular complexity index is 440. The van der Waals surface area contributed by atoms with Gasteiger partial charge in [0, 0.05) is 26.1 Å². The number of benzene rings is 1. The monoisotopic (exact) mass is 276 g/mol. The van der Waals surface area contributed by atoms with Crippen molar-refractivity contribution in [1.29, 1.82) is 0 Å². The zero-order valence-electron chi connectivity index (χ0n) is 12.3. The fourth-order valence-corrected chi connectivity index (χ4v) is 2.27. The van der Waals surface area contributed by atoms with Gasteiger partial charge in [-0.3, -0.25) is 4.79 Å². The molecule has 2 N–H and O–H groups in total. The second kappa shape index (κ2) is 6.75. The molecule has 1 fully saturated rings. The number of amides is 1. The van der Waals surface area contributed by atoms with E-state index in [-0.39, 0.29) is 11.9 Å². The molecule has 0 aliphatic heterocycles. The highest BCUT2D eigenvalue weighted by Crippen LogP contribution is 2.33. The predicted octanol–water partition coefficient (Wildman–Crippen LogP) is 2.17. The summed E-state index contributed by atoms with van der Waals surface area (Å²) >= 11 is 0. The molecule has 110 valence electrons. The molecule has 0 aromatic heterocycles. The second-order valence-electron chi connectivity index (χ2n) is 5.53. The predicted molar refractivity (Wildman–Crippen MR) is 79.4 cm³/mol. The van der Waals surface area contributed by atoms with Crippen LogP contribution < -0.4 is 10.5 Å². The molecule has 1 aliphatic rings. The van der Waals surface area contributed by atoms with Gasteiger partial charge in [0.1, 0.15) is 5.75 Å². The summed E-state index contributed by atoms with van der Waals surface area (Å²) < 4.78 is 5.40. The lowest BCUT2D eigenvalue weighted by Gasteiger charge is -2.19. The van der Waals surface area contributed by atoms with E-state index in [1.807, 2.05) is 38.2 Å². The van der Waals surface area contributed by atoms with E-state index >= 15 is 0 Å². The molecule has 0 radical (unpaired) electrons. The van der Waals surface area contributed by atoms with Gasteiger partial charge in [-0.15, -0.1) is 0 Å². The van der Waals surface area contributed by atoms with E-state index in [1.165, 1.54) is 12.8 Å². The van der Waals surface area contributed by atoms with Crippen molar-refractivity contribution < 1.29 is 9.53 Å². The van der Waals surface area contributed by atoms with Gasteiger partial charge in [-0.1, -0.05) is 12.1 Å². The van der Waals surface area contributed by atoms with Crippen LogP contribution in [0.25, 0.3) is 0 Å². The minimum absolute atomic E-state index is 0.0327. The minimum atomic E-state index is 0.0327. The summed E-state index contributed by atoms with van der Waals surface area (Å²) in [7, 11) is 1.83. The van der Waals surface area contributed by atoms with Gasteiger partial charge in [-0.25, -0.2) is 0 Å². The van der Waals surface area contributed by atoms with Gasteiger partial charge < -0.3 is 15.4 Å². The first-order valence-corrected chi connectivity index (χ1v) is 7.31. The fraction of sp³-hybridized carbons (Fsp3) is 0.562. The van der Waals surface area contributed by atoms with Crippen molar-refractivity contribution in [3.8, 4) is 5.75 Å². The zero-order chi connectivity index (χ0) is 14.5. The van der Waals surface area contributed by atoms with E-state index in [2.05, 4.69) is 0 Å². The molecule has 2 rings (SSSR count). The zero-order valence-corrected chi connectivity index (χ0v) is 12.3. The maximum absolute atomic E-state index is 12.1. The van der Waals surface area contributed by atoms with Crippen LogP contribution in [0.4, 0.5) is 0 Å². The molecule has 1 unspecified atom stereocenters. The van der Waals surface area contributed by atoms with E-state index < -0.39 is 0 Å². The normalized spacial score (nSPS) is 15.8. The average molecular weight is 276 g/mol. The number of ether oxygens (including phenoxy) is 1. The van der Waals surface area contributed by atoms with E-state index in [1.54, 1.807) is 4.90 Å². The lowest BCUT2D eigenvalue weighted by atomic mass is 10.1. The summed E-state index contributed by atoms with van der Waals surface area (Å²) in [6, 6.07) is 7.90. The third-order valence-electron chi connectivity index (χ3n) is 3.72. The standard InChI is InChI=1S/C16H24N2O2/c1-3-20-14-8-4-12(5-9-14)11-18(2)16(19)10-15(17)13-6-7-13/h4-5,8-9,13,15H,3,6-7,10-11,17H2,1-2H3. The number of nitrogens with two attached hydrogens (primary N) is 1. The first-order valence-electron chi connectivity index (χ1n) is 7.31. The van der Waals surface area contributed by atoms with Crippen LogP contribution in [0.5, 0.6) is 5.75 Å². The molecule has 1 amide bonds. The van der Waals surface area contributed by atoms with Crippen LogP contribution in [0, 0.1) is 5.92 Å². The first kappa shape index (κ1) is 14.9. The number of hydrogen-bond donors (Lipinski definition) is 1. The lowest BCUT2D eigenvalue weighted by molar-refractivity contribution is -0.130. The quantitative estimate of drug-likeness (QED) is 0.830. The van der Waals surface area contributed by atoms with Gasteiger partial charge >= 0.3 is 0 Å². The molecule has 1 aromatic carbocycles. The molecule has 0 saturated heterocycles. The van der Waals surface area contributed by atoms with Crippen LogP contribution in [0.2, 0.25) is 0 Å². The Morgan fingerprint density at radius 1 is 1.40 bits per heavy atom. The smallest absolute Gasteiger partial charge is 0.224 e. The van der Waals surface area contributed by atoms with Crippen LogP contribution in [0.15, 0.2) is 24.3 Å². The van der Waals surface area contributed by atoms with Crippen LogP contribution >= 0.6 is 0 Å². The number of nitrogens with zero attached hydrogens (tertiary/aromatic N) is 1. The van der Waals surface area contributed by atoms with Gasteiger partial charge in [0.15, 0.2) is 0 Å². The molecule has 4 heteroatoms. The van der Waals surface area contributed by atoms with Crippen molar-refractivity contribution in [2.75, 3.05) is 13.7 Å². The highest BCUT2D eigenvalue weighted by atomic mass is 16.5. The van der Waals surface area contributed by atoms with Crippen LogP contribution in [0.3, 0.4) is 0 Å². The molecule has 0 bridgehead atoms. The van der Waals surface area contributed by atoms with Crippen molar-refractivity contribution in [3.63, 3.8) is 0 Å². The third kappa shape index (κ3) is 4.23. The molecular weight excluding hydrogens is 252 g/mol. The summed E-state index contributed by atoms with van der Waals surface area (Å²) in [4.78, 5) is 13.8. The summed E-state index contributed by atoms with van der Waals surface area (Å²) in [6.07, 6.45) is 2.81. The Kier molecular flexibility index (Phi) is 5.01. The van der Waals surface area contributed by atoms with Gasteiger partial charge in [-0.2, -0.15) is 0 Å². The molecule has 4 nitrogen and oxygen atoms in total. The Morgan fingerprint density at radius 3 is 2.60 bits per heavy atom. The van der Waals surface area contributed by atoms with Crippen molar-refractivity contribution in [2.24, 2.45) is 11.7 Å². The van der Waals surface area contributed by atoms with Crippen molar-refractivity contribution in [2.45, 2.75) is 38.8 Å². The molecule has 1 aliphatic carbocycles. The Morgan fingerprint density at radius 2 is 2.05 bits per heavy atom. The molecule has 1 aromatic rings. The summed E-state index contributed by atoms with van der Waals surface area (Å²) in [5, 5.41) is 0. The molecule has 1 saturated carbocycles. The van der Waals surface area contributed by atoms with Gasteiger partial charge in [0.05, 0.1) is 6.61 Å². The second-order valence-corrected chi connectivity index (χ2v) is 5.53. The largest absolute Gasteiger partial charge is 0.494 e. The molecule has 1 atom stereocenters. The SMILES string of the molecule is CCOc1ccc(CN(C)C(=O)CC(N)C2CC2)cc1. The van der Waals surface area contributed by atoms with Crippen LogP contribution in [-0.4, -0.2) is 30.5 Å². The van der Waals surface area contributed by atoms with E-state index in [9.17, 15) is 4.79 Å². The Balaban J connectivity index is 1.83. The van der Waals surface area contributed by atoms with E-state index in [0.717, 1.165) is 11.3 Å². The van der Waals surface area contributed by atoms with Crippen molar-refractivity contribution in [1.82, 2.24) is 4.90 Å². The summed E-state index contributed by atoms with van der Waals surface area (Å²) in [5.74, 6) is 1.55. The third-order valence-corrected chi connectivity index (χ3v) is 3.72. The number of carbonyl (C=O) groups excluding carboxylic acids is 1. The average Bonchev–Trinajstić information content (AvgIpc) is 3.25. The lowest BCUT2D eigenvalue weighted by Crippen LogP contribution is -2.34. The highest BCUT2D eigenvalue weighted by Gasteiger charge is 2.30. The maximum atomic E-state index is 12.1. The molecular formula is C16H24N2O2. The number of rotatable bonds is 7. The number of hydrogen-bond acceptors (Lipinski definition) is 3. The highest BCUT2D eigenvalue weighted by molar-refractivity contribution is 5.76. The Labute approximate surface area is 120 Å². The van der Waals surface area contributed by atoms with Gasteiger partial charge in [0.25, 0.3) is 0 Å². The van der Waals surface area contributed by atoms with Crippen molar-refractivity contribution in [3.05, 3.63) is 29.8 Å². The van der Waals surface area contributed by atoms with Crippen molar-refractivity contribution >= 4 is 5.91 Å². The molecule has 20 heavy (non-hydrogen) atoms. The topological polar surface area (TPSA) is 55.6 Å². The molecule has 0 spiro atoms. The summed E-state index contributed by atoms with van der Waals surface area (Å²) in [5.41, 5.74) is 7.10. The van der Waals surface area contributed by atoms with Crippen LogP contribution in [-0.2, 0) is 11.3 Å². The fourth-order valence-electron chi connectivity index (χ4n) is 2.27.